The van der Waals surface area contributed by atoms with Gasteiger partial charge in [-0.3, -0.25) is 14.7 Å². The van der Waals surface area contributed by atoms with E-state index in [9.17, 15) is 9.59 Å². The minimum Gasteiger partial charge on any atom is -0.341 e. The predicted octanol–water partition coefficient (Wildman–Crippen LogP) is 1.93. The molecule has 1 aromatic rings. The zero-order valence-electron chi connectivity index (χ0n) is 14.7. The minimum absolute atomic E-state index is 0.157. The number of anilines is 1. The number of piperidine rings is 1. The molecule has 1 aliphatic carbocycles. The summed E-state index contributed by atoms with van der Waals surface area (Å²) in [5.74, 6) is 0.777. The lowest BCUT2D eigenvalue weighted by Crippen LogP contribution is -2.40. The number of hydrogen-bond acceptors (Lipinski definition) is 6. The molecule has 2 heterocycles. The molecule has 1 aromatic heterocycles. The summed E-state index contributed by atoms with van der Waals surface area (Å²) in [6.07, 6.45) is 6.76. The van der Waals surface area contributed by atoms with E-state index in [0.717, 1.165) is 43.5 Å². The van der Waals surface area contributed by atoms with E-state index in [1.807, 2.05) is 6.92 Å². The molecule has 2 fully saturated rings. The van der Waals surface area contributed by atoms with Crippen LogP contribution in [0.1, 0.15) is 51.5 Å². The molecule has 0 radical (unpaired) electrons. The van der Waals surface area contributed by atoms with Crippen molar-refractivity contribution in [2.45, 2.75) is 56.6 Å². The summed E-state index contributed by atoms with van der Waals surface area (Å²) in [5.41, 5.74) is 0. The van der Waals surface area contributed by atoms with Crippen LogP contribution < -0.4 is 15.5 Å². The average Bonchev–Trinajstić information content (AvgIpc) is 3.38. The molecule has 0 aromatic carbocycles. The van der Waals surface area contributed by atoms with E-state index in [1.54, 1.807) is 0 Å². The van der Waals surface area contributed by atoms with Crippen molar-refractivity contribution in [2.24, 2.45) is 0 Å². The number of nitrogens with zero attached hydrogens (tertiary/aromatic N) is 4. The summed E-state index contributed by atoms with van der Waals surface area (Å²) in [4.78, 5) is 25.8. The molecule has 2 N–H and O–H groups in total. The normalized spacial score (nSPS) is 17.4. The van der Waals surface area contributed by atoms with Crippen LogP contribution in [0.25, 0.3) is 0 Å². The van der Waals surface area contributed by atoms with E-state index >= 15 is 0 Å². The molecular weight excluding hydrogens is 340 g/mol. The zero-order chi connectivity index (χ0) is 17.6. The van der Waals surface area contributed by atoms with Crippen LogP contribution in [-0.2, 0) is 4.79 Å². The average molecular weight is 366 g/mol. The molecule has 3 amide bonds. The second-order valence-corrected chi connectivity index (χ2v) is 7.47. The summed E-state index contributed by atoms with van der Waals surface area (Å²) < 4.78 is 2.18. The van der Waals surface area contributed by atoms with Crippen LogP contribution in [0.2, 0.25) is 0 Å². The van der Waals surface area contributed by atoms with E-state index in [4.69, 9.17) is 0 Å². The van der Waals surface area contributed by atoms with Gasteiger partial charge in [-0.05, 0) is 38.5 Å². The molecular formula is C16H26N6O2S. The van der Waals surface area contributed by atoms with Crippen molar-refractivity contribution in [3.8, 4) is 0 Å². The third-order valence-corrected chi connectivity index (χ3v) is 5.26. The first kappa shape index (κ1) is 18.0. The standard InChI is InChI=1S/C16H26N6O2S/c1-2-8-17-14(24)18-13(23)11-25-16-20-19-15(22(16)12-6-7-12)21-9-4-3-5-10-21/h12H,2-11H2,1H3,(H2,17,18,23,24). The van der Waals surface area contributed by atoms with E-state index in [-0.39, 0.29) is 11.7 Å². The van der Waals surface area contributed by atoms with Gasteiger partial charge in [-0.1, -0.05) is 18.7 Å². The third kappa shape index (κ3) is 4.87. The van der Waals surface area contributed by atoms with Gasteiger partial charge >= 0.3 is 6.03 Å². The molecule has 1 saturated heterocycles. The lowest BCUT2D eigenvalue weighted by atomic mass is 10.1. The SMILES string of the molecule is CCCNC(=O)NC(=O)CSc1nnc(N2CCCCC2)n1C1CC1. The molecule has 9 heteroatoms. The van der Waals surface area contributed by atoms with Gasteiger partial charge in [-0.25, -0.2) is 4.79 Å². The number of hydrogen-bond donors (Lipinski definition) is 2. The Morgan fingerprint density at radius 3 is 2.64 bits per heavy atom. The Labute approximate surface area is 152 Å². The first-order valence-corrected chi connectivity index (χ1v) is 10.1. The molecule has 0 atom stereocenters. The fraction of sp³-hybridized carbons (Fsp3) is 0.750. The van der Waals surface area contributed by atoms with Crippen molar-refractivity contribution >= 4 is 29.6 Å². The molecule has 25 heavy (non-hydrogen) atoms. The molecule has 0 unspecified atom stereocenters. The predicted molar refractivity (Wildman–Crippen MR) is 96.9 cm³/mol. The van der Waals surface area contributed by atoms with Crippen LogP contribution in [0.3, 0.4) is 0 Å². The van der Waals surface area contributed by atoms with Crippen LogP contribution in [0.5, 0.6) is 0 Å². The third-order valence-electron chi connectivity index (χ3n) is 4.32. The van der Waals surface area contributed by atoms with Gasteiger partial charge in [0.1, 0.15) is 0 Å². The van der Waals surface area contributed by atoms with Gasteiger partial charge < -0.3 is 10.2 Å². The monoisotopic (exact) mass is 366 g/mol. The van der Waals surface area contributed by atoms with Crippen LogP contribution in [0.15, 0.2) is 5.16 Å². The maximum absolute atomic E-state index is 11.9. The van der Waals surface area contributed by atoms with Gasteiger partial charge in [0.25, 0.3) is 0 Å². The summed E-state index contributed by atoms with van der Waals surface area (Å²) >= 11 is 1.34. The highest BCUT2D eigenvalue weighted by molar-refractivity contribution is 7.99. The number of carbonyl (C=O) groups is 2. The van der Waals surface area contributed by atoms with Crippen molar-refractivity contribution < 1.29 is 9.59 Å². The second kappa shape index (κ2) is 8.55. The number of carbonyl (C=O) groups excluding carboxylic acids is 2. The smallest absolute Gasteiger partial charge is 0.321 e. The van der Waals surface area contributed by atoms with Crippen molar-refractivity contribution in [3.63, 3.8) is 0 Å². The number of nitrogens with one attached hydrogen (secondary N) is 2. The summed E-state index contributed by atoms with van der Waals surface area (Å²) in [5, 5.41) is 14.4. The van der Waals surface area contributed by atoms with Crippen molar-refractivity contribution in [1.29, 1.82) is 0 Å². The second-order valence-electron chi connectivity index (χ2n) is 6.52. The number of urea groups is 1. The van der Waals surface area contributed by atoms with Gasteiger partial charge in [0.05, 0.1) is 5.75 Å². The van der Waals surface area contributed by atoms with Crippen LogP contribution >= 0.6 is 11.8 Å². The molecule has 0 bridgehead atoms. The van der Waals surface area contributed by atoms with E-state index in [0.29, 0.717) is 12.6 Å². The summed E-state index contributed by atoms with van der Waals surface area (Å²) in [7, 11) is 0. The topological polar surface area (TPSA) is 92.2 Å². The molecule has 1 aliphatic heterocycles. The Bertz CT molecular complexity index is 610. The molecule has 3 rings (SSSR count). The lowest BCUT2D eigenvalue weighted by molar-refractivity contribution is -0.117. The number of aromatic nitrogens is 3. The Morgan fingerprint density at radius 2 is 1.96 bits per heavy atom. The highest BCUT2D eigenvalue weighted by Gasteiger charge is 2.32. The highest BCUT2D eigenvalue weighted by Crippen LogP contribution is 2.41. The first-order valence-electron chi connectivity index (χ1n) is 9.09. The van der Waals surface area contributed by atoms with Crippen molar-refractivity contribution in [3.05, 3.63) is 0 Å². The molecule has 1 saturated carbocycles. The van der Waals surface area contributed by atoms with Gasteiger partial charge in [0.2, 0.25) is 11.9 Å². The van der Waals surface area contributed by atoms with E-state index in [1.165, 1.54) is 31.0 Å². The minimum atomic E-state index is -0.440. The van der Waals surface area contributed by atoms with E-state index in [2.05, 4.69) is 30.3 Å². The van der Waals surface area contributed by atoms with Crippen molar-refractivity contribution in [1.82, 2.24) is 25.4 Å². The zero-order valence-corrected chi connectivity index (χ0v) is 15.5. The van der Waals surface area contributed by atoms with Crippen LogP contribution in [0.4, 0.5) is 10.7 Å². The molecule has 138 valence electrons. The largest absolute Gasteiger partial charge is 0.341 e. The molecule has 8 nitrogen and oxygen atoms in total. The number of rotatable bonds is 7. The van der Waals surface area contributed by atoms with Crippen LogP contribution in [-0.4, -0.2) is 52.1 Å². The quantitative estimate of drug-likeness (QED) is 0.717. The van der Waals surface area contributed by atoms with Gasteiger partial charge in [-0.15, -0.1) is 10.2 Å². The molecule has 0 spiro atoms. The fourth-order valence-corrected chi connectivity index (χ4v) is 3.71. The van der Waals surface area contributed by atoms with Gasteiger partial charge in [-0.2, -0.15) is 0 Å². The van der Waals surface area contributed by atoms with Crippen LogP contribution in [0, 0.1) is 0 Å². The summed E-state index contributed by atoms with van der Waals surface area (Å²) in [6, 6.07) is 0.00968. The maximum Gasteiger partial charge on any atom is 0.321 e. The number of thioether (sulfide) groups is 1. The Balaban J connectivity index is 1.58. The Kier molecular flexibility index (Phi) is 6.17. The maximum atomic E-state index is 11.9. The lowest BCUT2D eigenvalue weighted by Gasteiger charge is -2.27. The number of imide groups is 1. The highest BCUT2D eigenvalue weighted by atomic mass is 32.2. The van der Waals surface area contributed by atoms with Gasteiger partial charge in [0.15, 0.2) is 5.16 Å². The van der Waals surface area contributed by atoms with Crippen molar-refractivity contribution in [2.75, 3.05) is 30.3 Å². The number of amides is 3. The van der Waals surface area contributed by atoms with Gasteiger partial charge in [0, 0.05) is 25.7 Å². The molecule has 2 aliphatic rings. The first-order chi connectivity index (χ1) is 12.2. The Hall–Kier alpha value is -1.77. The van der Waals surface area contributed by atoms with E-state index < -0.39 is 6.03 Å². The fourth-order valence-electron chi connectivity index (χ4n) is 2.91. The summed E-state index contributed by atoms with van der Waals surface area (Å²) in [6.45, 7) is 4.56. The Morgan fingerprint density at radius 1 is 1.20 bits per heavy atom.